The largest absolute Gasteiger partial charge is 0.368 e. The average Bonchev–Trinajstić information content (AvgIpc) is 2.56. The molecule has 1 aliphatic carbocycles. The Kier molecular flexibility index (Phi) is 5.42. The van der Waals surface area contributed by atoms with Crippen molar-refractivity contribution in [2.45, 2.75) is 38.6 Å². The molecule has 1 saturated carbocycles. The number of aryl methyl sites for hydroxylation is 1. The van der Waals surface area contributed by atoms with Crippen molar-refractivity contribution in [1.82, 2.24) is 20.3 Å². The monoisotopic (exact) mass is 340 g/mol. The SMILES string of the molecule is CC(=O)NC1CC(c2cc(NCCNc3ncccc3C)ncn2)C1. The third kappa shape index (κ3) is 4.65. The van der Waals surface area contributed by atoms with Crippen LogP contribution in [0.3, 0.4) is 0 Å². The first-order chi connectivity index (χ1) is 12.1. The van der Waals surface area contributed by atoms with Crippen LogP contribution in [0.4, 0.5) is 11.6 Å². The summed E-state index contributed by atoms with van der Waals surface area (Å²) in [5.41, 5.74) is 2.16. The second kappa shape index (κ2) is 7.92. The van der Waals surface area contributed by atoms with Crippen LogP contribution in [0.2, 0.25) is 0 Å². The van der Waals surface area contributed by atoms with Gasteiger partial charge in [0, 0.05) is 49.9 Å². The first-order valence-corrected chi connectivity index (χ1v) is 8.60. The Morgan fingerprint density at radius 2 is 2.00 bits per heavy atom. The molecule has 7 heteroatoms. The van der Waals surface area contributed by atoms with E-state index in [2.05, 4.69) is 30.9 Å². The highest BCUT2D eigenvalue weighted by Crippen LogP contribution is 2.36. The molecule has 0 aliphatic heterocycles. The fourth-order valence-electron chi connectivity index (χ4n) is 3.00. The fraction of sp³-hybridized carbons (Fsp3) is 0.444. The van der Waals surface area contributed by atoms with Crippen molar-refractivity contribution in [1.29, 1.82) is 0 Å². The third-order valence-corrected chi connectivity index (χ3v) is 4.38. The molecule has 1 aliphatic rings. The number of nitrogens with zero attached hydrogens (tertiary/aromatic N) is 3. The van der Waals surface area contributed by atoms with E-state index in [0.29, 0.717) is 5.92 Å². The zero-order valence-electron chi connectivity index (χ0n) is 14.6. The summed E-state index contributed by atoms with van der Waals surface area (Å²) in [6.07, 6.45) is 5.26. The van der Waals surface area contributed by atoms with E-state index < -0.39 is 0 Å². The third-order valence-electron chi connectivity index (χ3n) is 4.38. The Hall–Kier alpha value is -2.70. The van der Waals surface area contributed by atoms with Crippen LogP contribution >= 0.6 is 0 Å². The average molecular weight is 340 g/mol. The van der Waals surface area contributed by atoms with E-state index >= 15 is 0 Å². The molecule has 0 atom stereocenters. The number of pyridine rings is 1. The van der Waals surface area contributed by atoms with Gasteiger partial charge in [-0.2, -0.15) is 0 Å². The van der Waals surface area contributed by atoms with Gasteiger partial charge < -0.3 is 16.0 Å². The zero-order chi connectivity index (χ0) is 17.6. The number of anilines is 2. The van der Waals surface area contributed by atoms with Crippen LogP contribution in [0.15, 0.2) is 30.7 Å². The lowest BCUT2D eigenvalue weighted by molar-refractivity contribution is -0.120. The van der Waals surface area contributed by atoms with Crippen molar-refractivity contribution in [2.75, 3.05) is 23.7 Å². The van der Waals surface area contributed by atoms with Crippen LogP contribution in [0.1, 0.15) is 36.9 Å². The van der Waals surface area contributed by atoms with E-state index in [1.54, 1.807) is 19.4 Å². The minimum absolute atomic E-state index is 0.0316. The van der Waals surface area contributed by atoms with Crippen molar-refractivity contribution < 1.29 is 4.79 Å². The lowest BCUT2D eigenvalue weighted by Gasteiger charge is -2.35. The van der Waals surface area contributed by atoms with Crippen LogP contribution in [-0.4, -0.2) is 40.0 Å². The van der Waals surface area contributed by atoms with E-state index in [1.807, 2.05) is 25.1 Å². The van der Waals surface area contributed by atoms with Gasteiger partial charge in [0.2, 0.25) is 5.91 Å². The molecule has 3 rings (SSSR count). The Bertz CT molecular complexity index is 729. The Morgan fingerprint density at radius 1 is 1.20 bits per heavy atom. The maximum absolute atomic E-state index is 11.1. The van der Waals surface area contributed by atoms with Crippen molar-refractivity contribution in [2.24, 2.45) is 0 Å². The molecule has 2 aromatic heterocycles. The highest BCUT2D eigenvalue weighted by Gasteiger charge is 2.31. The molecule has 0 bridgehead atoms. The van der Waals surface area contributed by atoms with E-state index in [0.717, 1.165) is 48.8 Å². The van der Waals surface area contributed by atoms with Gasteiger partial charge in [0.25, 0.3) is 0 Å². The number of aromatic nitrogens is 3. The lowest BCUT2D eigenvalue weighted by Crippen LogP contribution is -2.42. The predicted molar refractivity (Wildman–Crippen MR) is 97.6 cm³/mol. The highest BCUT2D eigenvalue weighted by atomic mass is 16.1. The molecule has 0 spiro atoms. The fourth-order valence-corrected chi connectivity index (χ4v) is 3.00. The molecule has 0 unspecified atom stereocenters. The Morgan fingerprint density at radius 3 is 2.76 bits per heavy atom. The number of rotatable bonds is 7. The van der Waals surface area contributed by atoms with Crippen molar-refractivity contribution in [3.63, 3.8) is 0 Å². The molecule has 2 heterocycles. The first-order valence-electron chi connectivity index (χ1n) is 8.60. The molecular formula is C18H24N6O. The minimum Gasteiger partial charge on any atom is -0.368 e. The summed E-state index contributed by atoms with van der Waals surface area (Å²) in [6.45, 7) is 5.09. The normalized spacial score (nSPS) is 19.0. The summed E-state index contributed by atoms with van der Waals surface area (Å²) in [5.74, 6) is 2.16. The lowest BCUT2D eigenvalue weighted by atomic mass is 9.78. The molecule has 0 saturated heterocycles. The van der Waals surface area contributed by atoms with Gasteiger partial charge >= 0.3 is 0 Å². The van der Waals surface area contributed by atoms with Gasteiger partial charge in [-0.05, 0) is 31.4 Å². The quantitative estimate of drug-likeness (QED) is 0.669. The molecule has 1 amide bonds. The second-order valence-electron chi connectivity index (χ2n) is 6.42. The molecular weight excluding hydrogens is 316 g/mol. The van der Waals surface area contributed by atoms with Crippen molar-refractivity contribution in [3.05, 3.63) is 42.0 Å². The number of hydrogen-bond acceptors (Lipinski definition) is 6. The number of nitrogens with one attached hydrogen (secondary N) is 3. The molecule has 7 nitrogen and oxygen atoms in total. The maximum Gasteiger partial charge on any atom is 0.217 e. The number of carbonyl (C=O) groups excluding carboxylic acids is 1. The van der Waals surface area contributed by atoms with Gasteiger partial charge in [-0.1, -0.05) is 6.07 Å². The Balaban J connectivity index is 1.45. The molecule has 132 valence electrons. The summed E-state index contributed by atoms with van der Waals surface area (Å²) in [5, 5.41) is 9.56. The van der Waals surface area contributed by atoms with Crippen LogP contribution in [0.5, 0.6) is 0 Å². The molecule has 3 N–H and O–H groups in total. The maximum atomic E-state index is 11.1. The molecule has 0 aromatic carbocycles. The van der Waals surface area contributed by atoms with Crippen LogP contribution in [-0.2, 0) is 4.79 Å². The topological polar surface area (TPSA) is 91.8 Å². The molecule has 0 radical (unpaired) electrons. The van der Waals surface area contributed by atoms with Gasteiger partial charge in [-0.3, -0.25) is 4.79 Å². The van der Waals surface area contributed by atoms with E-state index in [1.165, 1.54) is 0 Å². The van der Waals surface area contributed by atoms with Gasteiger partial charge in [0.15, 0.2) is 0 Å². The van der Waals surface area contributed by atoms with E-state index in [4.69, 9.17) is 0 Å². The van der Waals surface area contributed by atoms with Crippen LogP contribution < -0.4 is 16.0 Å². The number of hydrogen-bond donors (Lipinski definition) is 3. The molecule has 2 aromatic rings. The number of carbonyl (C=O) groups is 1. The smallest absolute Gasteiger partial charge is 0.217 e. The second-order valence-corrected chi connectivity index (χ2v) is 6.42. The standard InChI is InChI=1S/C18H24N6O/c1-12-4-3-5-20-18(12)21-7-6-19-17-10-16(22-11-23-17)14-8-15(9-14)24-13(2)25/h3-5,10-11,14-15H,6-9H2,1-2H3,(H,20,21)(H,24,25)(H,19,22,23). The molecule has 1 fully saturated rings. The minimum atomic E-state index is 0.0316. The van der Waals surface area contributed by atoms with Gasteiger partial charge in [-0.15, -0.1) is 0 Å². The Labute approximate surface area is 147 Å². The summed E-state index contributed by atoms with van der Waals surface area (Å²) in [6, 6.07) is 6.24. The van der Waals surface area contributed by atoms with Crippen molar-refractivity contribution >= 4 is 17.5 Å². The van der Waals surface area contributed by atoms with E-state index in [9.17, 15) is 4.79 Å². The summed E-state index contributed by atoms with van der Waals surface area (Å²) in [7, 11) is 0. The summed E-state index contributed by atoms with van der Waals surface area (Å²) < 4.78 is 0. The van der Waals surface area contributed by atoms with Crippen molar-refractivity contribution in [3.8, 4) is 0 Å². The van der Waals surface area contributed by atoms with Gasteiger partial charge in [-0.25, -0.2) is 15.0 Å². The highest BCUT2D eigenvalue weighted by molar-refractivity contribution is 5.73. The number of amides is 1. The van der Waals surface area contributed by atoms with Crippen LogP contribution in [0, 0.1) is 6.92 Å². The summed E-state index contributed by atoms with van der Waals surface area (Å²) in [4.78, 5) is 24.0. The molecule has 25 heavy (non-hydrogen) atoms. The first kappa shape index (κ1) is 17.1. The van der Waals surface area contributed by atoms with Gasteiger partial charge in [0.05, 0.1) is 0 Å². The van der Waals surface area contributed by atoms with E-state index in [-0.39, 0.29) is 11.9 Å². The van der Waals surface area contributed by atoms with Crippen LogP contribution in [0.25, 0.3) is 0 Å². The predicted octanol–water partition coefficient (Wildman–Crippen LogP) is 2.09. The summed E-state index contributed by atoms with van der Waals surface area (Å²) >= 11 is 0. The zero-order valence-corrected chi connectivity index (χ0v) is 14.6. The van der Waals surface area contributed by atoms with Gasteiger partial charge in [0.1, 0.15) is 18.0 Å².